The van der Waals surface area contributed by atoms with Gasteiger partial charge in [0.15, 0.2) is 0 Å². The van der Waals surface area contributed by atoms with Gasteiger partial charge in [-0.15, -0.1) is 0 Å². The number of anilines is 1. The molecular weight excluding hydrogens is 403 g/mol. The van der Waals surface area contributed by atoms with Gasteiger partial charge in [0, 0.05) is 17.8 Å². The summed E-state index contributed by atoms with van der Waals surface area (Å²) in [6, 6.07) is 13.2. The van der Waals surface area contributed by atoms with Gasteiger partial charge in [0.25, 0.3) is 0 Å². The maximum Gasteiger partial charge on any atom is 0.416 e. The second-order valence-corrected chi connectivity index (χ2v) is 8.27. The van der Waals surface area contributed by atoms with E-state index in [0.717, 1.165) is 29.0 Å². The standard InChI is InChI=1S/C25H28F3NO2/c1-4-22(24(30)31)19-13-14-29(21-11-7-17(8-12-21)16(2)3)23(15-19)18-5-9-20(10-6-18)25(26,27)28/h5-12,16,23H,4,13-15H2,1-3H3,(H,30,31)/b22-19+. The van der Waals surface area contributed by atoms with E-state index in [1.54, 1.807) is 0 Å². The number of benzene rings is 2. The van der Waals surface area contributed by atoms with Crippen molar-refractivity contribution in [2.45, 2.75) is 58.2 Å². The number of nitrogens with zero attached hydrogens (tertiary/aromatic N) is 1. The number of hydrogen-bond acceptors (Lipinski definition) is 2. The van der Waals surface area contributed by atoms with Gasteiger partial charge in [0.1, 0.15) is 0 Å². The van der Waals surface area contributed by atoms with Crippen LogP contribution in [0.15, 0.2) is 59.7 Å². The molecule has 1 unspecified atom stereocenters. The van der Waals surface area contributed by atoms with Crippen LogP contribution in [0, 0.1) is 0 Å². The van der Waals surface area contributed by atoms with Crippen molar-refractivity contribution in [2.24, 2.45) is 0 Å². The van der Waals surface area contributed by atoms with E-state index in [1.165, 1.54) is 17.7 Å². The van der Waals surface area contributed by atoms with Crippen LogP contribution in [-0.4, -0.2) is 17.6 Å². The van der Waals surface area contributed by atoms with E-state index >= 15 is 0 Å². The highest BCUT2D eigenvalue weighted by atomic mass is 19.4. The molecule has 0 saturated carbocycles. The predicted molar refractivity (Wildman–Crippen MR) is 116 cm³/mol. The lowest BCUT2D eigenvalue weighted by Gasteiger charge is -2.40. The predicted octanol–water partition coefficient (Wildman–Crippen LogP) is 6.96. The summed E-state index contributed by atoms with van der Waals surface area (Å²) in [5.41, 5.74) is 3.55. The molecule has 3 nitrogen and oxygen atoms in total. The van der Waals surface area contributed by atoms with E-state index in [-0.39, 0.29) is 6.04 Å². The summed E-state index contributed by atoms with van der Waals surface area (Å²) in [6.07, 6.45) is -2.86. The zero-order valence-corrected chi connectivity index (χ0v) is 18.0. The molecule has 2 aromatic carbocycles. The molecule has 0 amide bonds. The Morgan fingerprint density at radius 1 is 1.10 bits per heavy atom. The Kier molecular flexibility index (Phi) is 6.77. The molecular formula is C25H28F3NO2. The second-order valence-electron chi connectivity index (χ2n) is 8.27. The summed E-state index contributed by atoms with van der Waals surface area (Å²) < 4.78 is 39.1. The van der Waals surface area contributed by atoms with Crippen LogP contribution in [0.1, 0.15) is 68.7 Å². The van der Waals surface area contributed by atoms with Crippen molar-refractivity contribution >= 4 is 11.7 Å². The van der Waals surface area contributed by atoms with Crippen LogP contribution in [0.2, 0.25) is 0 Å². The molecule has 0 spiro atoms. The molecule has 166 valence electrons. The number of piperidine rings is 1. The average Bonchev–Trinajstić information content (AvgIpc) is 2.73. The van der Waals surface area contributed by atoms with Gasteiger partial charge in [0.05, 0.1) is 11.6 Å². The fourth-order valence-electron chi connectivity index (χ4n) is 4.24. The third-order valence-electron chi connectivity index (χ3n) is 6.02. The zero-order valence-electron chi connectivity index (χ0n) is 18.0. The molecule has 6 heteroatoms. The smallest absolute Gasteiger partial charge is 0.416 e. The Morgan fingerprint density at radius 2 is 1.71 bits per heavy atom. The van der Waals surface area contributed by atoms with E-state index in [2.05, 4.69) is 30.9 Å². The van der Waals surface area contributed by atoms with Gasteiger partial charge < -0.3 is 10.0 Å². The summed E-state index contributed by atoms with van der Waals surface area (Å²) in [6.45, 7) is 6.67. The van der Waals surface area contributed by atoms with Crippen LogP contribution in [0.4, 0.5) is 18.9 Å². The summed E-state index contributed by atoms with van der Waals surface area (Å²) in [7, 11) is 0. The maximum absolute atomic E-state index is 13.0. The number of carbonyl (C=O) groups is 1. The minimum Gasteiger partial charge on any atom is -0.478 e. The lowest BCUT2D eigenvalue weighted by Crippen LogP contribution is -2.35. The van der Waals surface area contributed by atoms with E-state index in [9.17, 15) is 23.1 Å². The van der Waals surface area contributed by atoms with Crippen molar-refractivity contribution in [1.29, 1.82) is 0 Å². The maximum atomic E-state index is 13.0. The summed E-state index contributed by atoms with van der Waals surface area (Å²) in [4.78, 5) is 13.9. The van der Waals surface area contributed by atoms with Crippen LogP contribution in [0.3, 0.4) is 0 Å². The highest BCUT2D eigenvalue weighted by molar-refractivity contribution is 5.87. The third kappa shape index (κ3) is 5.12. The van der Waals surface area contributed by atoms with Gasteiger partial charge in [0.2, 0.25) is 0 Å². The molecule has 31 heavy (non-hydrogen) atoms. The number of hydrogen-bond donors (Lipinski definition) is 1. The first-order valence-corrected chi connectivity index (χ1v) is 10.6. The molecule has 1 saturated heterocycles. The Hall–Kier alpha value is -2.76. The van der Waals surface area contributed by atoms with Crippen LogP contribution in [0.5, 0.6) is 0 Å². The Bertz CT molecular complexity index is 944. The second kappa shape index (κ2) is 9.16. The zero-order chi connectivity index (χ0) is 22.8. The number of aliphatic carboxylic acids is 1. The van der Waals surface area contributed by atoms with Crippen LogP contribution < -0.4 is 4.90 Å². The summed E-state index contributed by atoms with van der Waals surface area (Å²) in [5, 5.41) is 9.58. The van der Waals surface area contributed by atoms with Crippen molar-refractivity contribution in [3.05, 3.63) is 76.4 Å². The van der Waals surface area contributed by atoms with Crippen molar-refractivity contribution < 1.29 is 23.1 Å². The van der Waals surface area contributed by atoms with Gasteiger partial charge in [-0.25, -0.2) is 4.79 Å². The molecule has 1 aliphatic rings. The Balaban J connectivity index is 2.00. The number of alkyl halides is 3. The number of carboxylic acid groups (broad SMARTS) is 1. The molecule has 0 radical (unpaired) electrons. The summed E-state index contributed by atoms with van der Waals surface area (Å²) in [5.74, 6) is -0.517. The third-order valence-corrected chi connectivity index (χ3v) is 6.02. The van der Waals surface area contributed by atoms with Gasteiger partial charge in [-0.05, 0) is 60.6 Å². The lowest BCUT2D eigenvalue weighted by atomic mass is 9.87. The molecule has 1 heterocycles. The molecule has 1 aliphatic heterocycles. The van der Waals surface area contributed by atoms with Gasteiger partial charge in [-0.2, -0.15) is 13.2 Å². The minimum absolute atomic E-state index is 0.225. The van der Waals surface area contributed by atoms with E-state index in [1.807, 2.05) is 19.1 Å². The van der Waals surface area contributed by atoms with Gasteiger partial charge in [-0.3, -0.25) is 0 Å². The first kappa shape index (κ1) is 22.9. The number of carboxylic acids is 1. The molecule has 1 atom stereocenters. The lowest BCUT2D eigenvalue weighted by molar-refractivity contribution is -0.137. The summed E-state index contributed by atoms with van der Waals surface area (Å²) >= 11 is 0. The topological polar surface area (TPSA) is 40.5 Å². The molecule has 0 bridgehead atoms. The fourth-order valence-corrected chi connectivity index (χ4v) is 4.24. The normalized spacial score (nSPS) is 18.9. The SMILES string of the molecule is CC/C(C(=O)O)=C1/CCN(c2ccc(C(C)C)cc2)C(c2ccc(C(F)(F)F)cc2)C1. The first-order chi connectivity index (χ1) is 14.6. The Morgan fingerprint density at radius 3 is 2.19 bits per heavy atom. The highest BCUT2D eigenvalue weighted by Gasteiger charge is 2.32. The van der Waals surface area contributed by atoms with Crippen molar-refractivity contribution in [3.63, 3.8) is 0 Å². The van der Waals surface area contributed by atoms with Crippen molar-refractivity contribution in [2.75, 3.05) is 11.4 Å². The van der Waals surface area contributed by atoms with Crippen molar-refractivity contribution in [1.82, 2.24) is 0 Å². The van der Waals surface area contributed by atoms with Gasteiger partial charge in [-0.1, -0.05) is 50.6 Å². The molecule has 1 N–H and O–H groups in total. The van der Waals surface area contributed by atoms with Gasteiger partial charge >= 0.3 is 12.1 Å². The highest BCUT2D eigenvalue weighted by Crippen LogP contribution is 2.40. The molecule has 1 fully saturated rings. The largest absolute Gasteiger partial charge is 0.478 e. The van der Waals surface area contributed by atoms with Crippen molar-refractivity contribution in [3.8, 4) is 0 Å². The monoisotopic (exact) mass is 431 g/mol. The minimum atomic E-state index is -4.39. The first-order valence-electron chi connectivity index (χ1n) is 10.6. The number of halogens is 3. The number of rotatable bonds is 5. The van der Waals surface area contributed by atoms with Crippen LogP contribution >= 0.6 is 0 Å². The Labute approximate surface area is 181 Å². The average molecular weight is 431 g/mol. The van der Waals surface area contributed by atoms with Crippen LogP contribution in [-0.2, 0) is 11.0 Å². The van der Waals surface area contributed by atoms with E-state index < -0.39 is 17.7 Å². The fraction of sp³-hybridized carbons (Fsp3) is 0.400. The molecule has 0 aromatic heterocycles. The molecule has 0 aliphatic carbocycles. The van der Waals surface area contributed by atoms with E-state index in [4.69, 9.17) is 0 Å². The van der Waals surface area contributed by atoms with Crippen LogP contribution in [0.25, 0.3) is 0 Å². The van der Waals surface area contributed by atoms with E-state index in [0.29, 0.717) is 37.3 Å². The molecule has 2 aromatic rings. The molecule has 3 rings (SSSR count). The quantitative estimate of drug-likeness (QED) is 0.520.